The van der Waals surface area contributed by atoms with Gasteiger partial charge in [-0.25, -0.2) is 9.18 Å². The van der Waals surface area contributed by atoms with Crippen molar-refractivity contribution < 1.29 is 31.9 Å². The molecule has 8 heteroatoms. The van der Waals surface area contributed by atoms with Gasteiger partial charge < -0.3 is 10.1 Å². The summed E-state index contributed by atoms with van der Waals surface area (Å²) < 4.78 is 57.6. The highest BCUT2D eigenvalue weighted by molar-refractivity contribution is 5.97. The Bertz CT molecular complexity index is 805. The van der Waals surface area contributed by atoms with Crippen molar-refractivity contribution in [2.24, 2.45) is 0 Å². The van der Waals surface area contributed by atoms with Gasteiger partial charge in [-0.2, -0.15) is 13.2 Å². The number of hydrogen-bond donors (Lipinski definition) is 1. The number of halogens is 4. The van der Waals surface area contributed by atoms with Crippen molar-refractivity contribution in [3.8, 4) is 0 Å². The lowest BCUT2D eigenvalue weighted by Crippen LogP contribution is -2.43. The van der Waals surface area contributed by atoms with E-state index >= 15 is 0 Å². The Morgan fingerprint density at radius 3 is 2.31 bits per heavy atom. The maximum absolute atomic E-state index is 13.7. The molecule has 0 aliphatic heterocycles. The number of rotatable bonds is 5. The summed E-state index contributed by atoms with van der Waals surface area (Å²) in [6.07, 6.45) is -5.07. The number of nitrogens with one attached hydrogen (secondary N) is 1. The van der Waals surface area contributed by atoms with E-state index in [0.717, 1.165) is 19.2 Å². The average Bonchev–Trinajstić information content (AvgIpc) is 2.60. The van der Waals surface area contributed by atoms with Crippen LogP contribution in [0.25, 0.3) is 0 Å². The van der Waals surface area contributed by atoms with Crippen molar-refractivity contribution in [3.63, 3.8) is 0 Å². The molecule has 0 saturated carbocycles. The minimum absolute atomic E-state index is 0.191. The zero-order valence-corrected chi connectivity index (χ0v) is 13.6. The zero-order chi connectivity index (χ0) is 19.3. The molecule has 0 spiro atoms. The van der Waals surface area contributed by atoms with Gasteiger partial charge in [0.2, 0.25) is 0 Å². The number of carbonyl (C=O) groups is 2. The van der Waals surface area contributed by atoms with Crippen LogP contribution in [0.2, 0.25) is 0 Å². The fraction of sp³-hybridized carbons (Fsp3) is 0.222. The molecule has 0 aromatic heterocycles. The molecule has 0 bridgehead atoms. The number of alkyl halides is 3. The highest BCUT2D eigenvalue weighted by atomic mass is 19.4. The third-order valence-corrected chi connectivity index (χ3v) is 3.66. The van der Waals surface area contributed by atoms with Gasteiger partial charge in [-0.3, -0.25) is 4.79 Å². The van der Waals surface area contributed by atoms with Gasteiger partial charge in [0.1, 0.15) is 11.9 Å². The van der Waals surface area contributed by atoms with Crippen LogP contribution in [0, 0.1) is 5.82 Å². The summed E-state index contributed by atoms with van der Waals surface area (Å²) >= 11 is 0. The second kappa shape index (κ2) is 7.99. The Kier molecular flexibility index (Phi) is 5.97. The molecule has 0 unspecified atom stereocenters. The van der Waals surface area contributed by atoms with E-state index in [-0.39, 0.29) is 11.1 Å². The van der Waals surface area contributed by atoms with Gasteiger partial charge in [-0.15, -0.1) is 0 Å². The largest absolute Gasteiger partial charge is 0.467 e. The van der Waals surface area contributed by atoms with Crippen molar-refractivity contribution in [2.75, 3.05) is 7.11 Å². The normalized spacial score (nSPS) is 12.3. The predicted octanol–water partition coefficient (Wildman–Crippen LogP) is 3.36. The minimum atomic E-state index is -4.62. The van der Waals surface area contributed by atoms with Gasteiger partial charge in [0.25, 0.3) is 5.91 Å². The van der Waals surface area contributed by atoms with E-state index < -0.39 is 41.9 Å². The number of benzene rings is 2. The van der Waals surface area contributed by atoms with Crippen molar-refractivity contribution in [1.82, 2.24) is 5.32 Å². The standard InChI is InChI=1S/C18H15F4NO3/c1-26-17(25)15(23-16(24)12-7-3-5-9-14(12)19)10-11-6-2-4-8-13(11)18(20,21)22/h2-9,15H,10H2,1H3,(H,23,24)/t15-/m0/s1. The van der Waals surface area contributed by atoms with Crippen molar-refractivity contribution in [3.05, 3.63) is 71.0 Å². The lowest BCUT2D eigenvalue weighted by Gasteiger charge is -2.19. The van der Waals surface area contributed by atoms with Crippen molar-refractivity contribution in [2.45, 2.75) is 18.6 Å². The molecular formula is C18H15F4NO3. The number of hydrogen-bond acceptors (Lipinski definition) is 3. The molecule has 4 nitrogen and oxygen atoms in total. The minimum Gasteiger partial charge on any atom is -0.467 e. The van der Waals surface area contributed by atoms with Crippen molar-refractivity contribution >= 4 is 11.9 Å². The summed E-state index contributed by atoms with van der Waals surface area (Å²) in [6.45, 7) is 0. The number of amides is 1. The monoisotopic (exact) mass is 369 g/mol. The number of carbonyl (C=O) groups excluding carboxylic acids is 2. The van der Waals surface area contributed by atoms with E-state index in [1.165, 1.54) is 36.4 Å². The van der Waals surface area contributed by atoms with Crippen LogP contribution < -0.4 is 5.32 Å². The molecule has 0 heterocycles. The molecule has 1 atom stereocenters. The van der Waals surface area contributed by atoms with Gasteiger partial charge in [0.15, 0.2) is 0 Å². The smallest absolute Gasteiger partial charge is 0.416 e. The molecule has 0 radical (unpaired) electrons. The molecular weight excluding hydrogens is 354 g/mol. The first kappa shape index (κ1) is 19.4. The van der Waals surface area contributed by atoms with E-state index in [9.17, 15) is 27.2 Å². The molecule has 138 valence electrons. The Morgan fingerprint density at radius 1 is 1.08 bits per heavy atom. The van der Waals surface area contributed by atoms with Crippen molar-refractivity contribution in [1.29, 1.82) is 0 Å². The summed E-state index contributed by atoms with van der Waals surface area (Å²) in [7, 11) is 1.04. The Labute approximate surface area is 146 Å². The molecule has 2 aromatic rings. The molecule has 26 heavy (non-hydrogen) atoms. The molecule has 2 aromatic carbocycles. The fourth-order valence-corrected chi connectivity index (χ4v) is 2.41. The van der Waals surface area contributed by atoms with Crippen LogP contribution in [-0.4, -0.2) is 25.0 Å². The van der Waals surface area contributed by atoms with Crippen LogP contribution in [-0.2, 0) is 22.1 Å². The predicted molar refractivity (Wildman–Crippen MR) is 84.8 cm³/mol. The summed E-state index contributed by atoms with van der Waals surface area (Å²) in [5.74, 6) is -2.68. The molecule has 2 rings (SSSR count). The SMILES string of the molecule is COC(=O)[C@H](Cc1ccccc1C(F)(F)F)NC(=O)c1ccccc1F. The lowest BCUT2D eigenvalue weighted by molar-refractivity contribution is -0.144. The summed E-state index contributed by atoms with van der Waals surface area (Å²) in [5.41, 5.74) is -1.44. The second-order valence-electron chi connectivity index (χ2n) is 5.39. The summed E-state index contributed by atoms with van der Waals surface area (Å²) in [5, 5.41) is 2.23. The highest BCUT2D eigenvalue weighted by Crippen LogP contribution is 2.32. The number of ether oxygens (including phenoxy) is 1. The molecule has 0 saturated heterocycles. The third-order valence-electron chi connectivity index (χ3n) is 3.66. The van der Waals surface area contributed by atoms with E-state index in [1.54, 1.807) is 0 Å². The van der Waals surface area contributed by atoms with Crippen LogP contribution in [0.4, 0.5) is 17.6 Å². The van der Waals surface area contributed by atoms with Gasteiger partial charge in [0, 0.05) is 6.42 Å². The van der Waals surface area contributed by atoms with Crippen LogP contribution >= 0.6 is 0 Å². The molecule has 0 aliphatic rings. The molecule has 0 aliphatic carbocycles. The summed E-state index contributed by atoms with van der Waals surface area (Å²) in [4.78, 5) is 24.1. The van der Waals surface area contributed by atoms with Gasteiger partial charge in [-0.1, -0.05) is 30.3 Å². The molecule has 1 N–H and O–H groups in total. The quantitative estimate of drug-likeness (QED) is 0.650. The first-order valence-electron chi connectivity index (χ1n) is 7.52. The van der Waals surface area contributed by atoms with Crippen LogP contribution in [0.1, 0.15) is 21.5 Å². The van der Waals surface area contributed by atoms with Gasteiger partial charge >= 0.3 is 12.1 Å². The number of esters is 1. The topological polar surface area (TPSA) is 55.4 Å². The first-order valence-corrected chi connectivity index (χ1v) is 7.52. The second-order valence-corrected chi connectivity index (χ2v) is 5.39. The third kappa shape index (κ3) is 4.59. The van der Waals surface area contributed by atoms with Gasteiger partial charge in [-0.05, 0) is 23.8 Å². The van der Waals surface area contributed by atoms with E-state index in [0.29, 0.717) is 0 Å². The molecule has 1 amide bonds. The Balaban J connectivity index is 2.29. The van der Waals surface area contributed by atoms with Crippen LogP contribution in [0.15, 0.2) is 48.5 Å². The number of methoxy groups -OCH3 is 1. The fourth-order valence-electron chi connectivity index (χ4n) is 2.41. The van der Waals surface area contributed by atoms with Crippen LogP contribution in [0.3, 0.4) is 0 Å². The summed E-state index contributed by atoms with van der Waals surface area (Å²) in [6, 6.07) is 8.33. The highest BCUT2D eigenvalue weighted by Gasteiger charge is 2.34. The lowest BCUT2D eigenvalue weighted by atomic mass is 9.99. The molecule has 0 fully saturated rings. The Hall–Kier alpha value is -2.90. The van der Waals surface area contributed by atoms with E-state index in [4.69, 9.17) is 0 Å². The van der Waals surface area contributed by atoms with Gasteiger partial charge in [0.05, 0.1) is 18.2 Å². The van der Waals surface area contributed by atoms with E-state index in [1.807, 2.05) is 0 Å². The first-order chi connectivity index (χ1) is 12.2. The average molecular weight is 369 g/mol. The zero-order valence-electron chi connectivity index (χ0n) is 13.6. The van der Waals surface area contributed by atoms with Crippen LogP contribution in [0.5, 0.6) is 0 Å². The van der Waals surface area contributed by atoms with E-state index in [2.05, 4.69) is 10.1 Å². The maximum atomic E-state index is 13.7. The Morgan fingerprint density at radius 2 is 1.69 bits per heavy atom. The maximum Gasteiger partial charge on any atom is 0.416 e.